The van der Waals surface area contributed by atoms with Gasteiger partial charge in [-0.25, -0.2) is 18.0 Å². The number of carbonyl (C=O) groups excluding carboxylic acids is 1. The van der Waals surface area contributed by atoms with E-state index in [2.05, 4.69) is 5.32 Å². The second-order valence-corrected chi connectivity index (χ2v) is 13.0. The van der Waals surface area contributed by atoms with Gasteiger partial charge in [0.2, 0.25) is 0 Å². The lowest BCUT2D eigenvalue weighted by Gasteiger charge is -2.44. The number of carboxylic acid groups (broad SMARTS) is 1. The van der Waals surface area contributed by atoms with Gasteiger partial charge in [-0.1, -0.05) is 30.9 Å². The van der Waals surface area contributed by atoms with Crippen LogP contribution in [0.25, 0.3) is 0 Å². The van der Waals surface area contributed by atoms with Crippen LogP contribution in [0.15, 0.2) is 11.1 Å². The molecule has 11 heteroatoms. The van der Waals surface area contributed by atoms with Gasteiger partial charge in [0, 0.05) is 0 Å². The minimum atomic E-state index is -3.77. The van der Waals surface area contributed by atoms with Crippen LogP contribution in [0, 0.1) is 0 Å². The van der Waals surface area contributed by atoms with Gasteiger partial charge < -0.3 is 9.84 Å². The highest BCUT2D eigenvalue weighted by Gasteiger charge is 2.56. The van der Waals surface area contributed by atoms with Crippen molar-refractivity contribution in [3.8, 4) is 0 Å². The topological polar surface area (TPSA) is 122 Å². The first-order valence-corrected chi connectivity index (χ1v) is 12.9. The highest BCUT2D eigenvalue weighted by molar-refractivity contribution is 7.93. The van der Waals surface area contributed by atoms with E-state index in [-0.39, 0.29) is 21.5 Å². The van der Waals surface area contributed by atoms with Crippen molar-refractivity contribution in [2.75, 3.05) is 5.75 Å². The maximum absolute atomic E-state index is 13.6. The Morgan fingerprint density at radius 2 is 1.87 bits per heavy atom. The van der Waals surface area contributed by atoms with Crippen molar-refractivity contribution in [1.82, 2.24) is 5.32 Å². The molecule has 8 nitrogen and oxygen atoms in total. The van der Waals surface area contributed by atoms with Crippen LogP contribution in [0.1, 0.15) is 74.3 Å². The third kappa shape index (κ3) is 4.61. The van der Waals surface area contributed by atoms with Gasteiger partial charge in [0.1, 0.15) is 26.6 Å². The molecule has 1 spiro atoms. The Balaban J connectivity index is 2.13. The predicted molar refractivity (Wildman–Crippen MR) is 120 cm³/mol. The summed E-state index contributed by atoms with van der Waals surface area (Å²) in [7, 11) is -3.77. The van der Waals surface area contributed by atoms with Crippen LogP contribution >= 0.6 is 22.9 Å². The number of hydrogen-bond donors (Lipinski definition) is 2. The molecule has 1 unspecified atom stereocenters. The molecule has 1 aromatic heterocycles. The number of aliphatic imine (C=N–C) groups is 1. The number of aromatic carboxylic acids is 1. The average Bonchev–Trinajstić information content (AvgIpc) is 3.01. The fraction of sp³-hybridized carbons (Fsp3) is 0.650. The summed E-state index contributed by atoms with van der Waals surface area (Å²) in [5.41, 5.74) is -2.10. The molecule has 31 heavy (non-hydrogen) atoms. The lowest BCUT2D eigenvalue weighted by Crippen LogP contribution is -2.61. The second-order valence-electron chi connectivity index (χ2n) is 9.27. The van der Waals surface area contributed by atoms with E-state index >= 15 is 0 Å². The molecule has 1 amide bonds. The smallest absolute Gasteiger partial charge is 0.413 e. The molecule has 0 bridgehead atoms. The van der Waals surface area contributed by atoms with Crippen molar-refractivity contribution in [3.63, 3.8) is 0 Å². The molecule has 0 radical (unpaired) electrons. The van der Waals surface area contributed by atoms with Gasteiger partial charge in [0.25, 0.3) is 0 Å². The lowest BCUT2D eigenvalue weighted by molar-refractivity contribution is 0.0559. The molecule has 0 saturated heterocycles. The fourth-order valence-corrected chi connectivity index (χ4v) is 8.30. The van der Waals surface area contributed by atoms with Crippen LogP contribution in [0.2, 0.25) is 5.02 Å². The normalized spacial score (nSPS) is 25.0. The number of alkyl carbamates (subject to hydrolysis) is 1. The van der Waals surface area contributed by atoms with E-state index in [9.17, 15) is 23.1 Å². The molecule has 172 valence electrons. The Bertz CT molecular complexity index is 1030. The van der Waals surface area contributed by atoms with Crippen molar-refractivity contribution >= 4 is 50.7 Å². The number of sulfone groups is 1. The molecular weight excluding hydrogens is 464 g/mol. The van der Waals surface area contributed by atoms with Crippen LogP contribution in [0.4, 0.5) is 4.79 Å². The Kier molecular flexibility index (Phi) is 6.23. The largest absolute Gasteiger partial charge is 0.477 e. The molecule has 3 rings (SSSR count). The summed E-state index contributed by atoms with van der Waals surface area (Å²) in [5, 5.41) is 12.1. The maximum Gasteiger partial charge on any atom is 0.413 e. The SMILES string of the molecule is CC(C)(C)OC(=O)NC1=NC(C)(c2sc(C(=O)O)cc2Cl)CS(=O)(=O)C12CCCCC2. The number of carbonyl (C=O) groups is 2. The van der Waals surface area contributed by atoms with Gasteiger partial charge in [0.15, 0.2) is 9.84 Å². The minimum Gasteiger partial charge on any atom is -0.477 e. The number of hydrogen-bond acceptors (Lipinski definition) is 7. The Morgan fingerprint density at radius 3 is 2.39 bits per heavy atom. The quantitative estimate of drug-likeness (QED) is 0.634. The van der Waals surface area contributed by atoms with Gasteiger partial charge in [0.05, 0.1) is 15.7 Å². The first-order chi connectivity index (χ1) is 14.2. The van der Waals surface area contributed by atoms with E-state index in [1.807, 2.05) is 0 Å². The summed E-state index contributed by atoms with van der Waals surface area (Å²) in [6.45, 7) is 6.74. The fourth-order valence-electron chi connectivity index (χ4n) is 4.21. The van der Waals surface area contributed by atoms with Gasteiger partial charge in [-0.2, -0.15) is 0 Å². The van der Waals surface area contributed by atoms with Gasteiger partial charge in [-0.15, -0.1) is 11.3 Å². The molecule has 1 aliphatic heterocycles. The summed E-state index contributed by atoms with van der Waals surface area (Å²) >= 11 is 7.19. The first-order valence-electron chi connectivity index (χ1n) is 10.0. The van der Waals surface area contributed by atoms with E-state index in [0.717, 1.165) is 17.8 Å². The average molecular weight is 491 g/mol. The number of carboxylic acids is 1. The van der Waals surface area contributed by atoms with Crippen LogP contribution in [0.5, 0.6) is 0 Å². The molecule has 1 fully saturated rings. The van der Waals surface area contributed by atoms with Crippen molar-refractivity contribution in [2.24, 2.45) is 4.99 Å². The van der Waals surface area contributed by atoms with E-state index in [4.69, 9.17) is 21.3 Å². The number of ether oxygens (including phenoxy) is 1. The van der Waals surface area contributed by atoms with Gasteiger partial charge >= 0.3 is 12.1 Å². The van der Waals surface area contributed by atoms with Crippen LogP contribution in [-0.4, -0.2) is 47.5 Å². The highest BCUT2D eigenvalue weighted by Crippen LogP contribution is 2.47. The predicted octanol–water partition coefficient (Wildman–Crippen LogP) is 4.37. The van der Waals surface area contributed by atoms with Gasteiger partial charge in [-0.05, 0) is 46.6 Å². The zero-order valence-electron chi connectivity index (χ0n) is 18.0. The number of thiophene rings is 1. The molecular formula is C20H27ClN2O6S2. The standard InChI is InChI=1S/C20H27ClN2O6S2/c1-18(2,3)29-17(26)22-16-20(8-6-5-7-9-20)31(27,28)11-19(4,23-16)14-12(21)10-13(30-14)15(24)25/h10H,5-9,11H2,1-4H3,(H,24,25)(H,22,23,26). The number of amides is 1. The number of nitrogens with zero attached hydrogens (tertiary/aromatic N) is 1. The third-order valence-electron chi connectivity index (χ3n) is 5.52. The molecule has 1 atom stereocenters. The summed E-state index contributed by atoms with van der Waals surface area (Å²) in [6, 6.07) is 1.29. The zero-order valence-corrected chi connectivity index (χ0v) is 20.3. The Labute approximate surface area is 191 Å². The van der Waals surface area contributed by atoms with Crippen molar-refractivity contribution < 1.29 is 27.9 Å². The van der Waals surface area contributed by atoms with E-state index in [0.29, 0.717) is 30.6 Å². The van der Waals surface area contributed by atoms with E-state index in [1.165, 1.54) is 6.07 Å². The van der Waals surface area contributed by atoms with Crippen LogP contribution in [0.3, 0.4) is 0 Å². The number of halogens is 1. The highest BCUT2D eigenvalue weighted by atomic mass is 35.5. The summed E-state index contributed by atoms with van der Waals surface area (Å²) in [4.78, 5) is 29.0. The van der Waals surface area contributed by atoms with E-state index < -0.39 is 37.8 Å². The van der Waals surface area contributed by atoms with Crippen molar-refractivity contribution in [2.45, 2.75) is 75.7 Å². The number of nitrogens with one attached hydrogen (secondary N) is 1. The second kappa shape index (κ2) is 8.04. The number of rotatable bonds is 2. The Morgan fingerprint density at radius 1 is 1.26 bits per heavy atom. The molecule has 2 aliphatic rings. The monoisotopic (exact) mass is 490 g/mol. The molecule has 2 N–H and O–H groups in total. The van der Waals surface area contributed by atoms with Crippen LogP contribution < -0.4 is 5.32 Å². The molecule has 1 aliphatic carbocycles. The molecule has 2 heterocycles. The van der Waals surface area contributed by atoms with Gasteiger partial charge in [-0.3, -0.25) is 10.3 Å². The lowest BCUT2D eigenvalue weighted by atomic mass is 9.86. The van der Waals surface area contributed by atoms with Crippen LogP contribution in [-0.2, 0) is 20.1 Å². The maximum atomic E-state index is 13.6. The summed E-state index contributed by atoms with van der Waals surface area (Å²) in [6.07, 6.45) is 2.26. The van der Waals surface area contributed by atoms with Crippen molar-refractivity contribution in [1.29, 1.82) is 0 Å². The Hall–Kier alpha value is -1.65. The minimum absolute atomic E-state index is 0.00609. The number of amidine groups is 1. The van der Waals surface area contributed by atoms with Crippen molar-refractivity contribution in [3.05, 3.63) is 20.8 Å². The summed E-state index contributed by atoms with van der Waals surface area (Å²) in [5.74, 6) is -1.42. The zero-order chi connectivity index (χ0) is 23.2. The third-order valence-corrected chi connectivity index (χ3v) is 10.0. The molecule has 1 saturated carbocycles. The molecule has 1 aromatic rings. The molecule has 0 aromatic carbocycles. The summed E-state index contributed by atoms with van der Waals surface area (Å²) < 4.78 is 31.4. The first kappa shape index (κ1) is 24.0. The van der Waals surface area contributed by atoms with E-state index in [1.54, 1.807) is 27.7 Å².